The number of quaternary nitrogens is 1. The van der Waals surface area contributed by atoms with E-state index < -0.39 is 0 Å². The summed E-state index contributed by atoms with van der Waals surface area (Å²) < 4.78 is 0. The molecule has 48 heavy (non-hydrogen) atoms. The molecule has 4 unspecified atom stereocenters. The Balaban J connectivity index is 0. The van der Waals surface area contributed by atoms with Gasteiger partial charge in [-0.15, -0.1) is 19.7 Å². The van der Waals surface area contributed by atoms with Gasteiger partial charge in [0.25, 0.3) is 0 Å². The van der Waals surface area contributed by atoms with Crippen LogP contribution in [0.4, 0.5) is 0 Å². The third kappa shape index (κ3) is 25.6. The minimum Gasteiger partial charge on any atom is -0.358 e. The molecule has 3 fully saturated rings. The van der Waals surface area contributed by atoms with Crippen molar-refractivity contribution in [2.45, 2.75) is 73.3 Å². The lowest BCUT2D eigenvalue weighted by atomic mass is 10.1. The minimum atomic E-state index is 0.0990. The number of alkyl halides is 2. The second kappa shape index (κ2) is 27.4. The highest BCUT2D eigenvalue weighted by Gasteiger charge is 2.44. The molecule has 0 radical (unpaired) electrons. The molecule has 6 heteroatoms. The maximum absolute atomic E-state index is 10.0. The number of benzene rings is 2. The second-order valence-electron chi connectivity index (χ2n) is 13.5. The maximum Gasteiger partial charge on any atom is 0.150 e. The zero-order valence-corrected chi connectivity index (χ0v) is 34.2. The highest BCUT2D eigenvalue weighted by molar-refractivity contribution is 9.09. The molecule has 4 nitrogen and oxygen atoms in total. The third-order valence-electron chi connectivity index (χ3n) is 7.88. The molecule has 0 aromatic heterocycles. The van der Waals surface area contributed by atoms with Crippen molar-refractivity contribution >= 4 is 44.4 Å². The Morgan fingerprint density at radius 1 is 0.750 bits per heavy atom. The Labute approximate surface area is 311 Å². The summed E-state index contributed by atoms with van der Waals surface area (Å²) in [6.45, 7) is 28.1. The van der Waals surface area contributed by atoms with Gasteiger partial charge in [-0.25, -0.2) is 0 Å². The van der Waals surface area contributed by atoms with E-state index in [1.165, 1.54) is 18.4 Å². The lowest BCUT2D eigenvalue weighted by Gasteiger charge is -1.94. The molecule has 0 saturated heterocycles. The average molecular weight is 789 g/mol. The number of carbonyl (C=O) groups is 1. The summed E-state index contributed by atoms with van der Waals surface area (Å²) in [5.74, 6) is 2.22. The van der Waals surface area contributed by atoms with Crippen molar-refractivity contribution < 1.29 is 10.5 Å². The van der Waals surface area contributed by atoms with Crippen molar-refractivity contribution in [3.63, 3.8) is 0 Å². The summed E-state index contributed by atoms with van der Waals surface area (Å²) in [6.07, 6.45) is 16.7. The lowest BCUT2D eigenvalue weighted by molar-refractivity contribution is -0.361. The van der Waals surface area contributed by atoms with Crippen molar-refractivity contribution in [3.05, 3.63) is 122 Å². The van der Waals surface area contributed by atoms with Crippen LogP contribution in [0.15, 0.2) is 116 Å². The first-order valence-corrected chi connectivity index (χ1v) is 19.2. The number of nitrogens with zero attached hydrogens (tertiary/aromatic N) is 1. The van der Waals surface area contributed by atoms with Crippen LogP contribution in [0.1, 0.15) is 83.7 Å². The van der Waals surface area contributed by atoms with E-state index >= 15 is 0 Å². The van der Waals surface area contributed by atoms with Crippen LogP contribution in [-0.4, -0.2) is 41.8 Å². The number of carbonyl (C=O) groups excluding carboxylic acids is 1. The molecule has 2 aromatic rings. The number of aldehydes is 1. The topological polar surface area (TPSA) is 83.1 Å². The summed E-state index contributed by atoms with van der Waals surface area (Å²) in [4.78, 5) is 14.1. The molecule has 0 aliphatic heterocycles. The van der Waals surface area contributed by atoms with Gasteiger partial charge in [-0.1, -0.05) is 151 Å². The van der Waals surface area contributed by atoms with Gasteiger partial charge >= 0.3 is 0 Å². The van der Waals surface area contributed by atoms with E-state index in [-0.39, 0.29) is 5.54 Å². The van der Waals surface area contributed by atoms with E-state index in [0.29, 0.717) is 16.7 Å². The van der Waals surface area contributed by atoms with Gasteiger partial charge in [-0.2, -0.15) is 0 Å². The van der Waals surface area contributed by atoms with Crippen LogP contribution in [0.2, 0.25) is 0 Å². The van der Waals surface area contributed by atoms with E-state index in [4.69, 9.17) is 5.73 Å². The Morgan fingerprint density at radius 2 is 1.08 bits per heavy atom. The van der Waals surface area contributed by atoms with Crippen LogP contribution >= 0.6 is 31.9 Å². The fourth-order valence-corrected chi connectivity index (χ4v) is 4.51. The van der Waals surface area contributed by atoms with Gasteiger partial charge in [0.15, 0.2) is 0 Å². The van der Waals surface area contributed by atoms with E-state index in [2.05, 4.69) is 121 Å². The summed E-state index contributed by atoms with van der Waals surface area (Å²) in [7, 11) is 0. The Hall–Kier alpha value is -2.38. The highest BCUT2D eigenvalue weighted by atomic mass is 79.9. The van der Waals surface area contributed by atoms with Gasteiger partial charge in [0.1, 0.15) is 6.29 Å². The molecule has 3 aliphatic rings. The lowest BCUT2D eigenvalue weighted by Crippen LogP contribution is -2.48. The molecule has 5 rings (SSSR count). The molecule has 2 aromatic carbocycles. The Morgan fingerprint density at radius 3 is 1.25 bits per heavy atom. The first-order chi connectivity index (χ1) is 22.7. The molecular weight excluding hydrogens is 722 g/mol. The predicted octanol–water partition coefficient (Wildman–Crippen LogP) is 10.6. The molecule has 0 spiro atoms. The number of nitrogens with two attached hydrogens (primary N) is 1. The van der Waals surface area contributed by atoms with Crippen LogP contribution in [0.5, 0.6) is 0 Å². The SMILES string of the molecule is BrC/C=C/CBr.C=CC1CC1(C)C.C=CC1CC1(C)C.C=CC1CC1(C)N.CCN=Cc1ccccc1.CC[NH3+].O=Cc1ccccc1. The highest BCUT2D eigenvalue weighted by Crippen LogP contribution is 2.52. The molecule has 268 valence electrons. The van der Waals surface area contributed by atoms with Gasteiger partial charge in [0, 0.05) is 34.5 Å². The molecule has 3 saturated carbocycles. The van der Waals surface area contributed by atoms with Crippen molar-refractivity contribution in [2.75, 3.05) is 23.7 Å². The molecule has 3 aliphatic carbocycles. The summed E-state index contributed by atoms with van der Waals surface area (Å²) >= 11 is 6.49. The van der Waals surface area contributed by atoms with E-state index in [9.17, 15) is 4.79 Å². The number of hydrogen-bond donors (Lipinski definition) is 2. The fraction of sp³-hybridized carbons (Fsp3) is 0.476. The monoisotopic (exact) mass is 786 g/mol. The minimum absolute atomic E-state index is 0.0990. The van der Waals surface area contributed by atoms with Crippen molar-refractivity contribution in [1.82, 2.24) is 0 Å². The maximum atomic E-state index is 10.0. The molecule has 4 atom stereocenters. The van der Waals surface area contributed by atoms with E-state index in [0.717, 1.165) is 53.9 Å². The van der Waals surface area contributed by atoms with E-state index in [1.807, 2.05) is 74.7 Å². The van der Waals surface area contributed by atoms with E-state index in [1.54, 1.807) is 12.1 Å². The molecular formula is C42H66Br2N3O+. The quantitative estimate of drug-likeness (QED) is 0.121. The summed E-state index contributed by atoms with van der Waals surface area (Å²) in [5.41, 5.74) is 12.3. The number of allylic oxidation sites excluding steroid dienone is 4. The molecule has 0 amide bonds. The number of hydrogen-bond acceptors (Lipinski definition) is 3. The van der Waals surface area contributed by atoms with Gasteiger partial charge in [0.05, 0.1) is 6.54 Å². The molecule has 5 N–H and O–H groups in total. The zero-order chi connectivity index (χ0) is 37.1. The fourth-order valence-electron chi connectivity index (χ4n) is 3.98. The standard InChI is InChI=1S/C9H11N.C7H6O.2C7H12.C6H11N.C4H6Br2.C2H7N/c1-2-10-8-9-6-4-3-5-7-9;8-6-7-4-2-1-3-5-7;2*1-4-6-5-7(6,2)3;1-3-5-4-6(5,2)7;5-3-1-2-4-6;1-2-3/h3-8H,2H2,1H3;1-6H;2*4,6H,1,5H2,2-3H3;3,5H,1,4,7H2,2H3;1-2H,3-4H2;2-3H2,1H3/p+1/b;;;;;2-1+;. The Bertz CT molecular complexity index is 1110. The van der Waals surface area contributed by atoms with Crippen molar-refractivity contribution in [2.24, 2.45) is 39.3 Å². The first kappa shape index (κ1) is 47.7. The normalized spacial score (nSPS) is 22.5. The predicted molar refractivity (Wildman–Crippen MR) is 222 cm³/mol. The smallest absolute Gasteiger partial charge is 0.150 e. The summed E-state index contributed by atoms with van der Waals surface area (Å²) in [6, 6.07) is 19.2. The number of aliphatic imine (C=N–C) groups is 1. The average Bonchev–Trinajstić information content (AvgIpc) is 4.03. The van der Waals surface area contributed by atoms with Gasteiger partial charge in [0.2, 0.25) is 0 Å². The van der Waals surface area contributed by atoms with Crippen molar-refractivity contribution in [1.29, 1.82) is 0 Å². The number of rotatable bonds is 8. The van der Waals surface area contributed by atoms with Crippen LogP contribution in [0.3, 0.4) is 0 Å². The summed E-state index contributed by atoms with van der Waals surface area (Å²) in [5, 5.41) is 1.91. The van der Waals surface area contributed by atoms with Crippen molar-refractivity contribution in [3.8, 4) is 0 Å². The van der Waals surface area contributed by atoms with Gasteiger partial charge in [-0.05, 0) is 74.2 Å². The molecule has 0 heterocycles. The largest absolute Gasteiger partial charge is 0.358 e. The van der Waals surface area contributed by atoms with Crippen LogP contribution in [-0.2, 0) is 0 Å². The first-order valence-electron chi connectivity index (χ1n) is 17.0. The van der Waals surface area contributed by atoms with Crippen LogP contribution in [0, 0.1) is 28.6 Å². The van der Waals surface area contributed by atoms with Gasteiger partial charge < -0.3 is 11.5 Å². The zero-order valence-electron chi connectivity index (χ0n) is 31.0. The van der Waals surface area contributed by atoms with Crippen LogP contribution < -0.4 is 11.5 Å². The number of halogens is 2. The third-order valence-corrected chi connectivity index (χ3v) is 8.63. The van der Waals surface area contributed by atoms with Gasteiger partial charge in [-0.3, -0.25) is 9.79 Å². The molecule has 0 bridgehead atoms. The Kier molecular flexibility index (Phi) is 27.3. The van der Waals surface area contributed by atoms with Crippen LogP contribution in [0.25, 0.3) is 0 Å². The second-order valence-corrected chi connectivity index (χ2v) is 14.8.